The molecular formula is C13H22O3. The molecule has 0 heterocycles. The lowest BCUT2D eigenvalue weighted by molar-refractivity contribution is -0.170. The number of aliphatic hydroxyl groups excluding tert-OH is 1. The van der Waals surface area contributed by atoms with E-state index in [-0.39, 0.29) is 18.5 Å². The summed E-state index contributed by atoms with van der Waals surface area (Å²) in [6, 6.07) is 0. The fourth-order valence-electron chi connectivity index (χ4n) is 3.02. The van der Waals surface area contributed by atoms with E-state index < -0.39 is 5.60 Å². The molecular weight excluding hydrogens is 204 g/mol. The largest absolute Gasteiger partial charge is 0.460 e. The van der Waals surface area contributed by atoms with Gasteiger partial charge in [-0.15, -0.1) is 0 Å². The second kappa shape index (κ2) is 4.02. The summed E-state index contributed by atoms with van der Waals surface area (Å²) in [6.45, 7) is 5.93. The molecule has 3 fully saturated rings. The van der Waals surface area contributed by atoms with E-state index in [1.807, 2.05) is 20.8 Å². The summed E-state index contributed by atoms with van der Waals surface area (Å²) in [7, 11) is 0. The van der Waals surface area contributed by atoms with E-state index >= 15 is 0 Å². The number of hydrogen-bond acceptors (Lipinski definition) is 3. The smallest absolute Gasteiger partial charge is 0.309 e. The maximum atomic E-state index is 12.0. The molecule has 3 aliphatic rings. The Bertz CT molecular complexity index is 273. The van der Waals surface area contributed by atoms with Gasteiger partial charge in [0.05, 0.1) is 5.92 Å². The third kappa shape index (κ3) is 2.24. The standard InChI is InChI=1S/C13H22O3/c1-13(2,3)16-12(15)11-6-10(7-14)8-4-9(11)5-8/h8-11,14H,4-7H2,1-3H3/t8?,9?,10-,11?/m0/s1. The number of carbonyl (C=O) groups is 1. The summed E-state index contributed by atoms with van der Waals surface area (Å²) in [5, 5.41) is 9.27. The third-order valence-electron chi connectivity index (χ3n) is 3.95. The zero-order valence-electron chi connectivity index (χ0n) is 10.4. The van der Waals surface area contributed by atoms with Gasteiger partial charge in [-0.3, -0.25) is 4.79 Å². The molecule has 2 bridgehead atoms. The van der Waals surface area contributed by atoms with Crippen LogP contribution in [0.5, 0.6) is 0 Å². The first kappa shape index (κ1) is 11.9. The SMILES string of the molecule is CC(C)(C)OC(=O)C1C[C@@H](CO)C2CC1C2. The number of hydrogen-bond donors (Lipinski definition) is 1. The molecule has 16 heavy (non-hydrogen) atoms. The number of esters is 1. The molecule has 0 spiro atoms. The molecule has 92 valence electrons. The molecule has 1 unspecified atom stereocenters. The highest BCUT2D eigenvalue weighted by Gasteiger charge is 2.49. The number of rotatable bonds is 2. The molecule has 3 nitrogen and oxygen atoms in total. The van der Waals surface area contributed by atoms with Crippen LogP contribution in [0.1, 0.15) is 40.0 Å². The molecule has 3 aliphatic carbocycles. The Hall–Kier alpha value is -0.570. The number of carbonyl (C=O) groups excluding carboxylic acids is 1. The van der Waals surface area contributed by atoms with Crippen LogP contribution in [0.2, 0.25) is 0 Å². The highest BCUT2D eigenvalue weighted by molar-refractivity contribution is 5.73. The predicted octanol–water partition coefficient (Wildman–Crippen LogP) is 1.98. The Labute approximate surface area is 97.2 Å². The second-order valence-electron chi connectivity index (χ2n) is 6.31. The molecule has 0 aliphatic heterocycles. The summed E-state index contributed by atoms with van der Waals surface area (Å²) < 4.78 is 5.44. The fraction of sp³-hybridized carbons (Fsp3) is 0.923. The van der Waals surface area contributed by atoms with Gasteiger partial charge in [-0.05, 0) is 57.8 Å². The molecule has 0 aromatic rings. The summed E-state index contributed by atoms with van der Waals surface area (Å²) in [4.78, 5) is 12.0. The number of fused-ring (bicyclic) bond motifs is 2. The topological polar surface area (TPSA) is 46.5 Å². The van der Waals surface area contributed by atoms with Crippen LogP contribution in [0, 0.1) is 23.7 Å². The van der Waals surface area contributed by atoms with Crippen LogP contribution in [-0.4, -0.2) is 23.3 Å². The van der Waals surface area contributed by atoms with Crippen molar-refractivity contribution < 1.29 is 14.6 Å². The first-order chi connectivity index (χ1) is 7.40. The zero-order chi connectivity index (χ0) is 11.9. The highest BCUT2D eigenvalue weighted by atomic mass is 16.6. The van der Waals surface area contributed by atoms with Gasteiger partial charge in [-0.1, -0.05) is 0 Å². The monoisotopic (exact) mass is 226 g/mol. The van der Waals surface area contributed by atoms with Gasteiger partial charge in [0.15, 0.2) is 0 Å². The van der Waals surface area contributed by atoms with Gasteiger partial charge < -0.3 is 9.84 Å². The minimum absolute atomic E-state index is 0.0291. The van der Waals surface area contributed by atoms with Crippen molar-refractivity contribution in [1.82, 2.24) is 0 Å². The van der Waals surface area contributed by atoms with Gasteiger partial charge >= 0.3 is 5.97 Å². The maximum absolute atomic E-state index is 12.0. The van der Waals surface area contributed by atoms with Gasteiger partial charge in [0.25, 0.3) is 0 Å². The van der Waals surface area contributed by atoms with Crippen molar-refractivity contribution >= 4 is 5.97 Å². The van der Waals surface area contributed by atoms with E-state index in [1.54, 1.807) is 0 Å². The highest BCUT2D eigenvalue weighted by Crippen LogP contribution is 2.52. The average molecular weight is 226 g/mol. The Balaban J connectivity index is 1.96. The average Bonchev–Trinajstić information content (AvgIpc) is 2.12. The van der Waals surface area contributed by atoms with Crippen LogP contribution < -0.4 is 0 Å². The third-order valence-corrected chi connectivity index (χ3v) is 3.95. The minimum Gasteiger partial charge on any atom is -0.460 e. The van der Waals surface area contributed by atoms with Crippen LogP contribution in [-0.2, 0) is 9.53 Å². The fourth-order valence-corrected chi connectivity index (χ4v) is 3.02. The minimum atomic E-state index is -0.396. The summed E-state index contributed by atoms with van der Waals surface area (Å²) in [5.74, 6) is 1.47. The van der Waals surface area contributed by atoms with Crippen molar-refractivity contribution in [3.8, 4) is 0 Å². The van der Waals surface area contributed by atoms with Crippen molar-refractivity contribution in [2.24, 2.45) is 23.7 Å². The lowest BCUT2D eigenvalue weighted by Gasteiger charge is -2.50. The molecule has 0 radical (unpaired) electrons. The molecule has 1 N–H and O–H groups in total. The van der Waals surface area contributed by atoms with Crippen molar-refractivity contribution in [3.63, 3.8) is 0 Å². The predicted molar refractivity (Wildman–Crippen MR) is 60.7 cm³/mol. The van der Waals surface area contributed by atoms with Gasteiger partial charge in [0.1, 0.15) is 5.60 Å². The van der Waals surface area contributed by atoms with E-state index in [0.717, 1.165) is 19.3 Å². The van der Waals surface area contributed by atoms with Gasteiger partial charge in [0.2, 0.25) is 0 Å². The van der Waals surface area contributed by atoms with Crippen molar-refractivity contribution in [3.05, 3.63) is 0 Å². The van der Waals surface area contributed by atoms with Gasteiger partial charge in [-0.25, -0.2) is 0 Å². The Morgan fingerprint density at radius 2 is 1.88 bits per heavy atom. The maximum Gasteiger partial charge on any atom is 0.309 e. The molecule has 3 saturated carbocycles. The van der Waals surface area contributed by atoms with Gasteiger partial charge in [0, 0.05) is 6.61 Å². The van der Waals surface area contributed by atoms with E-state index in [1.165, 1.54) is 0 Å². The molecule has 0 amide bonds. The number of aliphatic hydroxyl groups is 1. The van der Waals surface area contributed by atoms with Crippen molar-refractivity contribution in [1.29, 1.82) is 0 Å². The van der Waals surface area contributed by atoms with Crippen LogP contribution >= 0.6 is 0 Å². The van der Waals surface area contributed by atoms with Crippen LogP contribution in [0.15, 0.2) is 0 Å². The number of ether oxygens (including phenoxy) is 1. The summed E-state index contributed by atoms with van der Waals surface area (Å²) >= 11 is 0. The van der Waals surface area contributed by atoms with Crippen LogP contribution in [0.4, 0.5) is 0 Å². The van der Waals surface area contributed by atoms with Crippen LogP contribution in [0.3, 0.4) is 0 Å². The Kier molecular flexibility index (Phi) is 2.99. The van der Waals surface area contributed by atoms with Crippen LogP contribution in [0.25, 0.3) is 0 Å². The second-order valence-corrected chi connectivity index (χ2v) is 6.31. The summed E-state index contributed by atoms with van der Waals surface area (Å²) in [6.07, 6.45) is 3.03. The first-order valence-electron chi connectivity index (χ1n) is 6.24. The Morgan fingerprint density at radius 3 is 2.38 bits per heavy atom. The zero-order valence-corrected chi connectivity index (χ0v) is 10.4. The molecule has 0 aromatic carbocycles. The quantitative estimate of drug-likeness (QED) is 0.732. The molecule has 3 rings (SSSR count). The Morgan fingerprint density at radius 1 is 1.25 bits per heavy atom. The molecule has 0 saturated heterocycles. The van der Waals surface area contributed by atoms with Crippen molar-refractivity contribution in [2.45, 2.75) is 45.6 Å². The molecule has 0 aromatic heterocycles. The normalized spacial score (nSPS) is 37.8. The van der Waals surface area contributed by atoms with E-state index in [2.05, 4.69) is 0 Å². The first-order valence-corrected chi connectivity index (χ1v) is 6.24. The lowest BCUT2D eigenvalue weighted by atomic mass is 9.55. The lowest BCUT2D eigenvalue weighted by Crippen LogP contribution is -2.47. The van der Waals surface area contributed by atoms with E-state index in [4.69, 9.17) is 4.74 Å². The molecule has 3 heteroatoms. The van der Waals surface area contributed by atoms with E-state index in [0.29, 0.717) is 17.8 Å². The summed E-state index contributed by atoms with van der Waals surface area (Å²) in [5.41, 5.74) is -0.396. The van der Waals surface area contributed by atoms with E-state index in [9.17, 15) is 9.90 Å². The van der Waals surface area contributed by atoms with Crippen molar-refractivity contribution in [2.75, 3.05) is 6.61 Å². The molecule has 2 atom stereocenters. The van der Waals surface area contributed by atoms with Gasteiger partial charge in [-0.2, -0.15) is 0 Å².